The van der Waals surface area contributed by atoms with Crippen molar-refractivity contribution < 1.29 is 14.3 Å². The molecule has 2 aromatic heterocycles. The van der Waals surface area contributed by atoms with Gasteiger partial charge in [-0.25, -0.2) is 4.98 Å². The van der Waals surface area contributed by atoms with Crippen molar-refractivity contribution in [2.24, 2.45) is 0 Å². The van der Waals surface area contributed by atoms with Gasteiger partial charge >= 0.3 is 5.97 Å². The summed E-state index contributed by atoms with van der Waals surface area (Å²) in [6.07, 6.45) is 1.61. The van der Waals surface area contributed by atoms with Gasteiger partial charge in [0.1, 0.15) is 4.83 Å². The van der Waals surface area contributed by atoms with Crippen molar-refractivity contribution in [1.82, 2.24) is 9.97 Å². The zero-order chi connectivity index (χ0) is 17.3. The fraction of sp³-hybridized carbons (Fsp3) is 0.562. The second-order valence-electron chi connectivity index (χ2n) is 5.92. The molecule has 3 heterocycles. The highest BCUT2D eigenvalue weighted by atomic mass is 32.2. The Kier molecular flexibility index (Phi) is 4.98. The first-order valence-corrected chi connectivity index (χ1v) is 9.73. The smallest absolute Gasteiger partial charge is 0.316 e. The zero-order valence-electron chi connectivity index (χ0n) is 13.9. The summed E-state index contributed by atoms with van der Waals surface area (Å²) in [5, 5.41) is 1.11. The summed E-state index contributed by atoms with van der Waals surface area (Å²) in [7, 11) is 0. The first-order chi connectivity index (χ1) is 11.5. The standard InChI is InChI=1S/C16H20N2O4S2/c1-4-16(3)6-9-10(7-22-16)24-14-12(9)13(20)17-15(18-14)23-8-11(19)21-5-2/h4-8H2,1-3H3,(H,17,18,20)/t16-/m0/s1. The summed E-state index contributed by atoms with van der Waals surface area (Å²) in [5.74, 6) is -0.187. The average molecular weight is 368 g/mol. The van der Waals surface area contributed by atoms with E-state index in [4.69, 9.17) is 9.47 Å². The summed E-state index contributed by atoms with van der Waals surface area (Å²) in [5.41, 5.74) is 0.677. The van der Waals surface area contributed by atoms with Crippen LogP contribution in [0.3, 0.4) is 0 Å². The maximum absolute atomic E-state index is 12.5. The van der Waals surface area contributed by atoms with E-state index in [1.165, 1.54) is 23.1 Å². The van der Waals surface area contributed by atoms with Crippen LogP contribution in [-0.4, -0.2) is 33.9 Å². The molecule has 3 rings (SSSR count). The molecule has 0 amide bonds. The fourth-order valence-corrected chi connectivity index (χ4v) is 4.50. The third kappa shape index (κ3) is 3.36. The third-order valence-electron chi connectivity index (χ3n) is 4.21. The number of aromatic amines is 1. The lowest BCUT2D eigenvalue weighted by Crippen LogP contribution is -2.34. The Morgan fingerprint density at radius 3 is 3.00 bits per heavy atom. The predicted octanol–water partition coefficient (Wildman–Crippen LogP) is 2.88. The molecule has 0 bridgehead atoms. The summed E-state index contributed by atoms with van der Waals surface area (Å²) in [6.45, 7) is 6.79. The van der Waals surface area contributed by atoms with Crippen molar-refractivity contribution in [2.45, 2.75) is 51.0 Å². The van der Waals surface area contributed by atoms with E-state index < -0.39 is 0 Å². The Bertz CT molecular complexity index is 829. The van der Waals surface area contributed by atoms with Crippen molar-refractivity contribution in [3.63, 3.8) is 0 Å². The number of H-pyrrole nitrogens is 1. The minimum absolute atomic E-state index is 0.129. The topological polar surface area (TPSA) is 81.3 Å². The van der Waals surface area contributed by atoms with Crippen LogP contribution in [0.1, 0.15) is 37.6 Å². The molecule has 1 atom stereocenters. The molecule has 2 aromatic rings. The van der Waals surface area contributed by atoms with E-state index >= 15 is 0 Å². The summed E-state index contributed by atoms with van der Waals surface area (Å²) in [6, 6.07) is 0. The van der Waals surface area contributed by atoms with Crippen molar-refractivity contribution in [3.05, 3.63) is 20.8 Å². The molecule has 0 saturated heterocycles. The van der Waals surface area contributed by atoms with Crippen molar-refractivity contribution >= 4 is 39.3 Å². The summed E-state index contributed by atoms with van der Waals surface area (Å²) >= 11 is 2.68. The van der Waals surface area contributed by atoms with Gasteiger partial charge in [0.05, 0.1) is 30.0 Å². The fourth-order valence-electron chi connectivity index (χ4n) is 2.68. The highest BCUT2D eigenvalue weighted by Gasteiger charge is 2.32. The number of nitrogens with one attached hydrogen (secondary N) is 1. The third-order valence-corrected chi connectivity index (χ3v) is 6.15. The predicted molar refractivity (Wildman–Crippen MR) is 94.8 cm³/mol. The summed E-state index contributed by atoms with van der Waals surface area (Å²) in [4.78, 5) is 33.1. The average Bonchev–Trinajstić information content (AvgIpc) is 2.91. The lowest BCUT2D eigenvalue weighted by molar-refractivity contribution is -0.139. The highest BCUT2D eigenvalue weighted by Crippen LogP contribution is 2.38. The quantitative estimate of drug-likeness (QED) is 0.496. The number of aromatic nitrogens is 2. The molecule has 0 fully saturated rings. The largest absolute Gasteiger partial charge is 0.465 e. The molecule has 24 heavy (non-hydrogen) atoms. The van der Waals surface area contributed by atoms with Crippen LogP contribution in [0.4, 0.5) is 0 Å². The van der Waals surface area contributed by atoms with Crippen molar-refractivity contribution in [1.29, 1.82) is 0 Å². The molecule has 0 aromatic carbocycles. The lowest BCUT2D eigenvalue weighted by Gasteiger charge is -2.32. The second-order valence-corrected chi connectivity index (χ2v) is 7.97. The Morgan fingerprint density at radius 2 is 2.29 bits per heavy atom. The van der Waals surface area contributed by atoms with Crippen LogP contribution in [0.5, 0.6) is 0 Å². The van der Waals surface area contributed by atoms with Crippen molar-refractivity contribution in [2.75, 3.05) is 12.4 Å². The number of nitrogens with zero attached hydrogens (tertiary/aromatic N) is 1. The molecule has 1 aliphatic rings. The van der Waals surface area contributed by atoms with Gasteiger partial charge in [0, 0.05) is 11.3 Å². The van der Waals surface area contributed by atoms with Gasteiger partial charge in [0.2, 0.25) is 0 Å². The number of carbonyl (C=O) groups is 1. The van der Waals surface area contributed by atoms with Gasteiger partial charge < -0.3 is 14.5 Å². The maximum Gasteiger partial charge on any atom is 0.316 e. The van der Waals surface area contributed by atoms with Crippen molar-refractivity contribution in [3.8, 4) is 0 Å². The molecular formula is C16H20N2O4S2. The normalized spacial score (nSPS) is 20.1. The van der Waals surface area contributed by atoms with Crippen LogP contribution in [0.2, 0.25) is 0 Å². The monoisotopic (exact) mass is 368 g/mol. The first-order valence-electron chi connectivity index (χ1n) is 7.92. The molecule has 1 N–H and O–H groups in total. The van der Waals surface area contributed by atoms with E-state index in [1.54, 1.807) is 6.92 Å². The van der Waals surface area contributed by atoms with Gasteiger partial charge in [-0.15, -0.1) is 11.3 Å². The van der Waals surface area contributed by atoms with Crippen LogP contribution < -0.4 is 5.56 Å². The highest BCUT2D eigenvalue weighted by molar-refractivity contribution is 7.99. The van der Waals surface area contributed by atoms with Gasteiger partial charge in [-0.05, 0) is 25.8 Å². The number of carbonyl (C=O) groups excluding carboxylic acids is 1. The Balaban J connectivity index is 1.91. The molecule has 1 aliphatic heterocycles. The van der Waals surface area contributed by atoms with Gasteiger partial charge in [0.15, 0.2) is 5.16 Å². The molecule has 0 aliphatic carbocycles. The van der Waals surface area contributed by atoms with E-state index in [-0.39, 0.29) is 22.9 Å². The van der Waals surface area contributed by atoms with Crippen LogP contribution in [0, 0.1) is 0 Å². The number of thiophene rings is 1. The van der Waals surface area contributed by atoms with Gasteiger partial charge in [-0.2, -0.15) is 0 Å². The number of rotatable bonds is 5. The van der Waals surface area contributed by atoms with Gasteiger partial charge in [0.25, 0.3) is 5.56 Å². The van der Waals surface area contributed by atoms with Crippen LogP contribution >= 0.6 is 23.1 Å². The van der Waals surface area contributed by atoms with Gasteiger partial charge in [-0.1, -0.05) is 18.7 Å². The number of hydrogen-bond donors (Lipinski definition) is 1. The minimum atomic E-state index is -0.317. The molecule has 0 radical (unpaired) electrons. The Hall–Kier alpha value is -1.38. The van der Waals surface area contributed by atoms with E-state index in [0.717, 1.165) is 23.3 Å². The van der Waals surface area contributed by atoms with E-state index in [0.29, 0.717) is 28.6 Å². The molecule has 0 saturated carbocycles. The summed E-state index contributed by atoms with van der Waals surface area (Å²) < 4.78 is 10.8. The molecular weight excluding hydrogens is 348 g/mol. The Labute approximate surface area is 148 Å². The number of fused-ring (bicyclic) bond motifs is 3. The minimum Gasteiger partial charge on any atom is -0.465 e. The van der Waals surface area contributed by atoms with E-state index in [2.05, 4.69) is 23.8 Å². The molecule has 6 nitrogen and oxygen atoms in total. The number of thioether (sulfide) groups is 1. The number of hydrogen-bond acceptors (Lipinski definition) is 7. The number of ether oxygens (including phenoxy) is 2. The molecule has 8 heteroatoms. The lowest BCUT2D eigenvalue weighted by atomic mass is 9.90. The van der Waals surface area contributed by atoms with Crippen LogP contribution in [-0.2, 0) is 27.3 Å². The molecule has 0 unspecified atom stereocenters. The molecule has 0 spiro atoms. The Morgan fingerprint density at radius 1 is 1.50 bits per heavy atom. The van der Waals surface area contributed by atoms with E-state index in [1.807, 2.05) is 0 Å². The van der Waals surface area contributed by atoms with Gasteiger partial charge in [-0.3, -0.25) is 9.59 Å². The number of esters is 1. The second kappa shape index (κ2) is 6.85. The first kappa shape index (κ1) is 17.4. The van der Waals surface area contributed by atoms with E-state index in [9.17, 15) is 9.59 Å². The maximum atomic E-state index is 12.5. The zero-order valence-corrected chi connectivity index (χ0v) is 15.6. The SMILES string of the molecule is CCOC(=O)CSc1nc2sc3c(c2c(=O)[nH]1)C[C@](C)(CC)OC3. The van der Waals surface area contributed by atoms with Crippen LogP contribution in [0.15, 0.2) is 9.95 Å². The van der Waals surface area contributed by atoms with Crippen LogP contribution in [0.25, 0.3) is 10.2 Å². The molecule has 130 valence electrons.